The van der Waals surface area contributed by atoms with Crippen LogP contribution in [0.2, 0.25) is 5.02 Å². The number of esters is 1. The van der Waals surface area contributed by atoms with Gasteiger partial charge in [-0.05, 0) is 25.5 Å². The Bertz CT molecular complexity index is 676. The first kappa shape index (κ1) is 15.5. The summed E-state index contributed by atoms with van der Waals surface area (Å²) in [5, 5.41) is 3.86. The van der Waals surface area contributed by atoms with Gasteiger partial charge in [-0.25, -0.2) is 9.18 Å². The molecule has 0 aliphatic heterocycles. The highest BCUT2D eigenvalue weighted by Crippen LogP contribution is 2.33. The maximum atomic E-state index is 13.9. The minimum Gasteiger partial charge on any atom is -0.462 e. The summed E-state index contributed by atoms with van der Waals surface area (Å²) in [6.45, 7) is 4.58. The van der Waals surface area contributed by atoms with Crippen molar-refractivity contribution in [2.45, 2.75) is 20.3 Å². The molecule has 0 saturated heterocycles. The van der Waals surface area contributed by atoms with Gasteiger partial charge < -0.3 is 10.1 Å². The van der Waals surface area contributed by atoms with Crippen molar-refractivity contribution >= 4 is 34.2 Å². The zero-order chi connectivity index (χ0) is 15.4. The van der Waals surface area contributed by atoms with Gasteiger partial charge in [0.1, 0.15) is 16.9 Å². The molecule has 0 aliphatic rings. The maximum Gasteiger partial charge on any atom is 0.341 e. The van der Waals surface area contributed by atoms with E-state index in [9.17, 15) is 9.18 Å². The molecule has 0 saturated carbocycles. The molecule has 1 aromatic heterocycles. The van der Waals surface area contributed by atoms with Crippen LogP contribution in [0.1, 0.15) is 30.6 Å². The zero-order valence-corrected chi connectivity index (χ0v) is 12.6. The SMILES string of the molecule is CCCNc1c(C(=O)OCC)cnc2c(F)ccc(Cl)c12. The van der Waals surface area contributed by atoms with Gasteiger partial charge in [0.25, 0.3) is 0 Å². The number of nitrogens with one attached hydrogen (secondary N) is 1. The van der Waals surface area contributed by atoms with Gasteiger partial charge in [0, 0.05) is 18.1 Å². The van der Waals surface area contributed by atoms with E-state index in [2.05, 4.69) is 10.3 Å². The molecule has 0 amide bonds. The van der Waals surface area contributed by atoms with Gasteiger partial charge in [-0.1, -0.05) is 18.5 Å². The number of nitrogens with zero attached hydrogens (tertiary/aromatic N) is 1. The van der Waals surface area contributed by atoms with Crippen LogP contribution < -0.4 is 5.32 Å². The van der Waals surface area contributed by atoms with Crippen molar-refractivity contribution in [3.05, 3.63) is 34.7 Å². The summed E-state index contributed by atoms with van der Waals surface area (Å²) < 4.78 is 18.9. The van der Waals surface area contributed by atoms with E-state index < -0.39 is 11.8 Å². The van der Waals surface area contributed by atoms with Crippen LogP contribution in [-0.4, -0.2) is 24.1 Å². The van der Waals surface area contributed by atoms with Gasteiger partial charge in [0.15, 0.2) is 0 Å². The number of pyridine rings is 1. The Labute approximate surface area is 127 Å². The third-order valence-electron chi connectivity index (χ3n) is 2.97. The molecule has 2 aromatic rings. The van der Waals surface area contributed by atoms with Crippen molar-refractivity contribution in [2.24, 2.45) is 0 Å². The summed E-state index contributed by atoms with van der Waals surface area (Å²) >= 11 is 6.17. The highest BCUT2D eigenvalue weighted by atomic mass is 35.5. The number of carbonyl (C=O) groups excluding carboxylic acids is 1. The first-order valence-corrected chi connectivity index (χ1v) is 7.15. The topological polar surface area (TPSA) is 51.2 Å². The van der Waals surface area contributed by atoms with E-state index in [1.54, 1.807) is 6.92 Å². The number of benzene rings is 1. The lowest BCUT2D eigenvalue weighted by molar-refractivity contribution is 0.0527. The molecule has 0 fully saturated rings. The van der Waals surface area contributed by atoms with Crippen molar-refractivity contribution in [1.29, 1.82) is 0 Å². The predicted molar refractivity (Wildman–Crippen MR) is 81.4 cm³/mol. The minimum atomic E-state index is -0.508. The number of anilines is 1. The van der Waals surface area contributed by atoms with Gasteiger partial charge >= 0.3 is 5.97 Å². The van der Waals surface area contributed by atoms with Gasteiger partial charge in [-0.15, -0.1) is 0 Å². The number of aromatic nitrogens is 1. The number of fused-ring (bicyclic) bond motifs is 1. The molecule has 0 atom stereocenters. The van der Waals surface area contributed by atoms with E-state index in [-0.39, 0.29) is 17.7 Å². The van der Waals surface area contributed by atoms with E-state index in [1.165, 1.54) is 18.3 Å². The summed E-state index contributed by atoms with van der Waals surface area (Å²) in [7, 11) is 0. The van der Waals surface area contributed by atoms with E-state index in [4.69, 9.17) is 16.3 Å². The van der Waals surface area contributed by atoms with Crippen molar-refractivity contribution in [2.75, 3.05) is 18.5 Å². The van der Waals surface area contributed by atoms with Crippen LogP contribution in [0.4, 0.5) is 10.1 Å². The molecule has 0 spiro atoms. The second-order valence-corrected chi connectivity index (χ2v) is 4.85. The third kappa shape index (κ3) is 3.08. The van der Waals surface area contributed by atoms with Gasteiger partial charge in [-0.3, -0.25) is 4.98 Å². The van der Waals surface area contributed by atoms with Crippen LogP contribution in [0.15, 0.2) is 18.3 Å². The van der Waals surface area contributed by atoms with Gasteiger partial charge in [0.05, 0.1) is 17.3 Å². The standard InChI is InChI=1S/C15H16ClFN2O2/c1-3-7-18-13-9(15(20)21-4-2)8-19-14-11(17)6-5-10(16)12(13)14/h5-6,8H,3-4,7H2,1-2H3,(H,18,19). The smallest absolute Gasteiger partial charge is 0.341 e. The summed E-state index contributed by atoms with van der Waals surface area (Å²) in [4.78, 5) is 16.0. The van der Waals surface area contributed by atoms with Crippen molar-refractivity contribution in [1.82, 2.24) is 4.98 Å². The fourth-order valence-corrected chi connectivity index (χ4v) is 2.28. The fourth-order valence-electron chi connectivity index (χ4n) is 2.03. The van der Waals surface area contributed by atoms with Crippen LogP contribution in [0.3, 0.4) is 0 Å². The second kappa shape index (κ2) is 6.72. The molecule has 21 heavy (non-hydrogen) atoms. The number of halogens is 2. The Kier molecular flexibility index (Phi) is 4.96. The lowest BCUT2D eigenvalue weighted by atomic mass is 10.1. The first-order chi connectivity index (χ1) is 10.1. The molecule has 1 aromatic carbocycles. The molecule has 112 valence electrons. The third-order valence-corrected chi connectivity index (χ3v) is 3.28. The predicted octanol–water partition coefficient (Wildman–Crippen LogP) is 4.03. The number of hydrogen-bond acceptors (Lipinski definition) is 4. The summed E-state index contributed by atoms with van der Waals surface area (Å²) in [6, 6.07) is 2.71. The van der Waals surface area contributed by atoms with Crippen molar-refractivity contribution < 1.29 is 13.9 Å². The molecule has 0 bridgehead atoms. The second-order valence-electron chi connectivity index (χ2n) is 4.45. The molecule has 1 N–H and O–H groups in total. The average Bonchev–Trinajstić information content (AvgIpc) is 2.48. The molecule has 0 unspecified atom stereocenters. The average molecular weight is 311 g/mol. The molecule has 2 rings (SSSR count). The number of ether oxygens (including phenoxy) is 1. The van der Waals surface area contributed by atoms with E-state index >= 15 is 0 Å². The molecule has 0 radical (unpaired) electrons. The largest absolute Gasteiger partial charge is 0.462 e. The number of rotatable bonds is 5. The summed E-state index contributed by atoms with van der Waals surface area (Å²) in [5.41, 5.74) is 0.851. The van der Waals surface area contributed by atoms with Crippen molar-refractivity contribution in [3.63, 3.8) is 0 Å². The Morgan fingerprint density at radius 1 is 1.43 bits per heavy atom. The number of carbonyl (C=O) groups is 1. The monoisotopic (exact) mass is 310 g/mol. The minimum absolute atomic E-state index is 0.133. The van der Waals surface area contributed by atoms with E-state index in [0.717, 1.165) is 6.42 Å². The summed E-state index contributed by atoms with van der Waals surface area (Å²) in [5.74, 6) is -0.991. The normalized spacial score (nSPS) is 10.7. The Morgan fingerprint density at radius 3 is 2.86 bits per heavy atom. The number of hydrogen-bond donors (Lipinski definition) is 1. The van der Waals surface area contributed by atoms with Crippen LogP contribution in [0.25, 0.3) is 10.9 Å². The highest BCUT2D eigenvalue weighted by Gasteiger charge is 2.19. The van der Waals surface area contributed by atoms with E-state index in [1.807, 2.05) is 6.92 Å². The quantitative estimate of drug-likeness (QED) is 0.847. The van der Waals surface area contributed by atoms with E-state index in [0.29, 0.717) is 22.6 Å². The van der Waals surface area contributed by atoms with Gasteiger partial charge in [-0.2, -0.15) is 0 Å². The molecular formula is C15H16ClFN2O2. The molecule has 0 aliphatic carbocycles. The lowest BCUT2D eigenvalue weighted by Gasteiger charge is -2.14. The van der Waals surface area contributed by atoms with Crippen LogP contribution in [-0.2, 0) is 4.74 Å². The Morgan fingerprint density at radius 2 is 2.19 bits per heavy atom. The molecular weight excluding hydrogens is 295 g/mol. The lowest BCUT2D eigenvalue weighted by Crippen LogP contribution is -2.12. The summed E-state index contributed by atoms with van der Waals surface area (Å²) in [6.07, 6.45) is 2.16. The molecule has 4 nitrogen and oxygen atoms in total. The van der Waals surface area contributed by atoms with Crippen LogP contribution in [0, 0.1) is 5.82 Å². The van der Waals surface area contributed by atoms with Crippen LogP contribution >= 0.6 is 11.6 Å². The Hall–Kier alpha value is -1.88. The molecule has 6 heteroatoms. The fraction of sp³-hybridized carbons (Fsp3) is 0.333. The highest BCUT2D eigenvalue weighted by molar-refractivity contribution is 6.36. The van der Waals surface area contributed by atoms with Gasteiger partial charge in [0.2, 0.25) is 0 Å². The van der Waals surface area contributed by atoms with Crippen molar-refractivity contribution in [3.8, 4) is 0 Å². The first-order valence-electron chi connectivity index (χ1n) is 6.77. The van der Waals surface area contributed by atoms with Crippen LogP contribution in [0.5, 0.6) is 0 Å². The molecule has 1 heterocycles. The maximum absolute atomic E-state index is 13.9. The Balaban J connectivity index is 2.69. The zero-order valence-electron chi connectivity index (χ0n) is 11.9.